The number of carbonyl (C=O) groups excluding carboxylic acids is 2. The minimum Gasteiger partial charge on any atom is -0.325 e. The largest absolute Gasteiger partial charge is 0.325 e. The first-order chi connectivity index (χ1) is 18.5. The second kappa shape index (κ2) is 9.60. The molecule has 6 aromatic rings. The van der Waals surface area contributed by atoms with Crippen LogP contribution in [0.3, 0.4) is 0 Å². The van der Waals surface area contributed by atoms with Crippen LogP contribution in [-0.2, 0) is 4.79 Å². The molecule has 0 fully saturated rings. The summed E-state index contributed by atoms with van der Waals surface area (Å²) in [4.78, 5) is 47.1. The van der Waals surface area contributed by atoms with E-state index in [-0.39, 0.29) is 11.7 Å². The first-order valence-corrected chi connectivity index (χ1v) is 12.9. The van der Waals surface area contributed by atoms with Crippen LogP contribution >= 0.6 is 11.3 Å². The quantitative estimate of drug-likeness (QED) is 0.231. The van der Waals surface area contributed by atoms with Gasteiger partial charge < -0.3 is 10.3 Å². The average Bonchev–Trinajstić information content (AvgIpc) is 3.66. The second-order valence-electron chi connectivity index (χ2n) is 8.79. The van der Waals surface area contributed by atoms with Crippen LogP contribution in [0.5, 0.6) is 0 Å². The molecule has 3 N–H and O–H groups in total. The molecule has 0 radical (unpaired) electrons. The molecule has 1 amide bonds. The predicted octanol–water partition coefficient (Wildman–Crippen LogP) is 5.63. The lowest BCUT2D eigenvalue weighted by Crippen LogP contribution is -2.10. The van der Waals surface area contributed by atoms with Crippen LogP contribution in [0.4, 0.5) is 5.69 Å². The summed E-state index contributed by atoms with van der Waals surface area (Å²) in [5.41, 5.74) is 6.20. The maximum absolute atomic E-state index is 12.0. The number of thiophene rings is 1. The Morgan fingerprint density at radius 1 is 1.05 bits per heavy atom. The zero-order valence-corrected chi connectivity index (χ0v) is 21.4. The molecule has 0 saturated carbocycles. The molecule has 0 bridgehead atoms. The van der Waals surface area contributed by atoms with Crippen molar-refractivity contribution in [2.75, 3.05) is 5.32 Å². The van der Waals surface area contributed by atoms with Crippen molar-refractivity contribution in [2.24, 2.45) is 0 Å². The Labute approximate surface area is 220 Å². The number of hydrogen-bond acceptors (Lipinski definition) is 8. The maximum Gasteiger partial charge on any atom is 0.224 e. The molecule has 6 rings (SSSR count). The fourth-order valence-electron chi connectivity index (χ4n) is 4.22. The highest BCUT2D eigenvalue weighted by Crippen LogP contribution is 2.34. The molecule has 0 aliphatic carbocycles. The number of anilines is 1. The number of nitrogens with one attached hydrogen (secondary N) is 3. The van der Waals surface area contributed by atoms with Gasteiger partial charge in [-0.2, -0.15) is 5.10 Å². The summed E-state index contributed by atoms with van der Waals surface area (Å²) in [6.07, 6.45) is 6.25. The third kappa shape index (κ3) is 4.33. The van der Waals surface area contributed by atoms with E-state index in [1.807, 2.05) is 43.3 Å². The van der Waals surface area contributed by atoms with E-state index in [0.717, 1.165) is 27.9 Å². The number of nitrogens with zero attached hydrogens (tertiary/aromatic N) is 5. The zero-order chi connectivity index (χ0) is 26.2. The summed E-state index contributed by atoms with van der Waals surface area (Å²) in [7, 11) is 0. The number of Topliss-reactive ketones (excluding diaryl/α,β-unsaturated/α-hetero) is 1. The summed E-state index contributed by atoms with van der Waals surface area (Å²) in [6.45, 7) is 3.52. The summed E-state index contributed by atoms with van der Waals surface area (Å²) >= 11 is 1.43. The van der Waals surface area contributed by atoms with Gasteiger partial charge in [0.05, 0.1) is 28.0 Å². The van der Waals surface area contributed by atoms with E-state index in [4.69, 9.17) is 9.97 Å². The van der Waals surface area contributed by atoms with Crippen molar-refractivity contribution in [3.8, 4) is 33.2 Å². The zero-order valence-electron chi connectivity index (χ0n) is 20.6. The summed E-state index contributed by atoms with van der Waals surface area (Å²) in [5.74, 6) is 0.506. The van der Waals surface area contributed by atoms with Crippen LogP contribution in [-0.4, -0.2) is 46.8 Å². The van der Waals surface area contributed by atoms with Gasteiger partial charge in [-0.1, -0.05) is 6.92 Å². The molecule has 6 aromatic heterocycles. The van der Waals surface area contributed by atoms with Crippen LogP contribution in [0, 0.1) is 0 Å². The summed E-state index contributed by atoms with van der Waals surface area (Å²) in [6, 6.07) is 11.3. The van der Waals surface area contributed by atoms with Crippen molar-refractivity contribution in [2.45, 2.75) is 26.7 Å². The molecule has 0 unspecified atom stereocenters. The number of hydrogen-bond donors (Lipinski definition) is 3. The average molecular weight is 523 g/mol. The highest BCUT2D eigenvalue weighted by atomic mass is 32.1. The number of H-pyrrole nitrogens is 2. The van der Waals surface area contributed by atoms with Gasteiger partial charge in [0.15, 0.2) is 22.9 Å². The minimum absolute atomic E-state index is 0.0308. The topological polar surface area (TPSA) is 142 Å². The van der Waals surface area contributed by atoms with Gasteiger partial charge in [-0.25, -0.2) is 15.0 Å². The van der Waals surface area contributed by atoms with E-state index in [1.54, 1.807) is 25.5 Å². The minimum atomic E-state index is -0.0510. The van der Waals surface area contributed by atoms with Crippen LogP contribution < -0.4 is 5.32 Å². The summed E-state index contributed by atoms with van der Waals surface area (Å²) in [5, 5.41) is 10.4. The molecule has 0 aromatic carbocycles. The van der Waals surface area contributed by atoms with Gasteiger partial charge in [0.2, 0.25) is 5.91 Å². The SMILES string of the molecule is CCCC(=O)Nc1cncc(-c2ccc3[nH]nc(-c4nc5c(-c6ccc(C(C)=O)s6)ccnc5[nH]4)c3n2)c1. The molecular formula is C27H22N8O2S. The molecule has 0 spiro atoms. The molecule has 11 heteroatoms. The number of imidazole rings is 1. The number of aromatic nitrogens is 7. The first kappa shape index (κ1) is 23.6. The number of amides is 1. The maximum atomic E-state index is 12.0. The van der Waals surface area contributed by atoms with E-state index in [9.17, 15) is 9.59 Å². The van der Waals surface area contributed by atoms with E-state index < -0.39 is 0 Å². The third-order valence-corrected chi connectivity index (χ3v) is 7.25. The van der Waals surface area contributed by atoms with E-state index in [0.29, 0.717) is 50.9 Å². The predicted molar refractivity (Wildman–Crippen MR) is 147 cm³/mol. The van der Waals surface area contributed by atoms with Crippen molar-refractivity contribution in [3.05, 3.63) is 59.9 Å². The molecular weight excluding hydrogens is 500 g/mol. The molecule has 6 heterocycles. The van der Waals surface area contributed by atoms with Crippen molar-refractivity contribution in [1.82, 2.24) is 35.1 Å². The lowest BCUT2D eigenvalue weighted by molar-refractivity contribution is -0.116. The van der Waals surface area contributed by atoms with Gasteiger partial charge in [0, 0.05) is 34.8 Å². The second-order valence-corrected chi connectivity index (χ2v) is 9.87. The number of rotatable bonds is 7. The number of aromatic amines is 2. The smallest absolute Gasteiger partial charge is 0.224 e. The number of fused-ring (bicyclic) bond motifs is 2. The number of ketones is 1. The van der Waals surface area contributed by atoms with Gasteiger partial charge in [-0.05, 0) is 49.7 Å². The third-order valence-electron chi connectivity index (χ3n) is 6.03. The normalized spacial score (nSPS) is 11.3. The lowest BCUT2D eigenvalue weighted by Gasteiger charge is -2.06. The Bertz CT molecular complexity index is 1830. The lowest BCUT2D eigenvalue weighted by atomic mass is 10.1. The van der Waals surface area contributed by atoms with Crippen LogP contribution in [0.1, 0.15) is 36.4 Å². The fourth-order valence-corrected chi connectivity index (χ4v) is 5.14. The van der Waals surface area contributed by atoms with Gasteiger partial charge >= 0.3 is 0 Å². The summed E-state index contributed by atoms with van der Waals surface area (Å²) < 4.78 is 0. The monoisotopic (exact) mass is 522 g/mol. The van der Waals surface area contributed by atoms with Crippen molar-refractivity contribution >= 4 is 50.9 Å². The van der Waals surface area contributed by atoms with E-state index >= 15 is 0 Å². The van der Waals surface area contributed by atoms with E-state index in [1.165, 1.54) is 11.3 Å². The van der Waals surface area contributed by atoms with Crippen molar-refractivity contribution < 1.29 is 9.59 Å². The molecule has 0 atom stereocenters. The molecule has 188 valence electrons. The van der Waals surface area contributed by atoms with Gasteiger partial charge in [0.1, 0.15) is 11.0 Å². The standard InChI is InChI=1S/C27H22N8O2S/c1-3-4-22(37)30-16-11-15(12-28-13-16)18-5-6-19-24(31-18)25(35-34-19)27-32-23-17(9-10-29-26(23)33-27)21-8-7-20(38-21)14(2)36/h5-13H,3-4H2,1-2H3,(H,30,37)(H,34,35)(H,29,32,33). The first-order valence-electron chi connectivity index (χ1n) is 12.1. The molecule has 0 aliphatic heterocycles. The molecule has 0 saturated heterocycles. The molecule has 0 aliphatic rings. The van der Waals surface area contributed by atoms with Gasteiger partial charge in [-0.15, -0.1) is 11.3 Å². The Kier molecular flexibility index (Phi) is 5.97. The van der Waals surface area contributed by atoms with Crippen LogP contribution in [0.2, 0.25) is 0 Å². The Morgan fingerprint density at radius 3 is 2.76 bits per heavy atom. The Balaban J connectivity index is 1.39. The Hall–Kier alpha value is -4.77. The van der Waals surface area contributed by atoms with E-state index in [2.05, 4.69) is 30.5 Å². The van der Waals surface area contributed by atoms with Crippen molar-refractivity contribution in [1.29, 1.82) is 0 Å². The van der Waals surface area contributed by atoms with Crippen LogP contribution in [0.15, 0.2) is 55.0 Å². The van der Waals surface area contributed by atoms with Gasteiger partial charge in [0.25, 0.3) is 0 Å². The fraction of sp³-hybridized carbons (Fsp3) is 0.148. The number of carbonyl (C=O) groups is 2. The molecule has 38 heavy (non-hydrogen) atoms. The highest BCUT2D eigenvalue weighted by molar-refractivity contribution is 7.17. The van der Waals surface area contributed by atoms with Crippen LogP contribution in [0.25, 0.3) is 55.4 Å². The highest BCUT2D eigenvalue weighted by Gasteiger charge is 2.18. The van der Waals surface area contributed by atoms with Crippen molar-refractivity contribution in [3.63, 3.8) is 0 Å². The van der Waals surface area contributed by atoms with Gasteiger partial charge in [-0.3, -0.25) is 19.7 Å². The Morgan fingerprint density at radius 2 is 1.95 bits per heavy atom. The number of pyridine rings is 3. The molecule has 10 nitrogen and oxygen atoms in total.